The van der Waals surface area contributed by atoms with E-state index >= 15 is 0 Å². The van der Waals surface area contributed by atoms with E-state index in [0.717, 1.165) is 38.2 Å². The van der Waals surface area contributed by atoms with Crippen LogP contribution in [-0.4, -0.2) is 58.5 Å². The Morgan fingerprint density at radius 3 is 2.45 bits per heavy atom. The van der Waals surface area contributed by atoms with E-state index in [9.17, 15) is 5.11 Å². The van der Waals surface area contributed by atoms with Crippen LogP contribution in [0.4, 0.5) is 0 Å². The second-order valence-electron chi connectivity index (χ2n) is 11.4. The molecular weight excluding hydrogens is 430 g/mol. The maximum absolute atomic E-state index is 10.0. The Labute approximate surface area is 203 Å². The molecule has 1 aliphatic carbocycles. The van der Waals surface area contributed by atoms with Gasteiger partial charge < -0.3 is 20.8 Å². The Hall–Kier alpha value is -1.31. The number of nitrogens with zero attached hydrogens (tertiary/aromatic N) is 2. The summed E-state index contributed by atoms with van der Waals surface area (Å²) < 4.78 is 0. The van der Waals surface area contributed by atoms with E-state index in [0.29, 0.717) is 12.3 Å². The molecule has 0 spiro atoms. The van der Waals surface area contributed by atoms with Gasteiger partial charge in [-0.25, -0.2) is 4.98 Å². The van der Waals surface area contributed by atoms with Gasteiger partial charge in [0.1, 0.15) is 0 Å². The molecule has 1 saturated heterocycles. The van der Waals surface area contributed by atoms with Gasteiger partial charge in [-0.2, -0.15) is 0 Å². The minimum absolute atomic E-state index is 0.172. The normalized spacial score (nSPS) is 22.6. The molecule has 0 saturated carbocycles. The first-order chi connectivity index (χ1) is 15.6. The largest absolute Gasteiger partial charge is 0.395 e. The van der Waals surface area contributed by atoms with E-state index in [1.54, 1.807) is 11.3 Å². The second kappa shape index (κ2) is 9.74. The third-order valence-electron chi connectivity index (χ3n) is 8.05. The number of hydrogen-bond acceptors (Lipinski definition) is 6. The van der Waals surface area contributed by atoms with Crippen molar-refractivity contribution in [3.8, 4) is 11.3 Å². The summed E-state index contributed by atoms with van der Waals surface area (Å²) in [6.07, 6.45) is 4.63. The zero-order valence-electron chi connectivity index (χ0n) is 20.7. The molecule has 0 unspecified atom stereocenters. The second-order valence-corrected chi connectivity index (χ2v) is 12.3. The van der Waals surface area contributed by atoms with Crippen molar-refractivity contribution in [3.63, 3.8) is 0 Å². The third-order valence-corrected chi connectivity index (χ3v) is 9.06. The van der Waals surface area contributed by atoms with Crippen molar-refractivity contribution in [2.24, 2.45) is 5.73 Å². The summed E-state index contributed by atoms with van der Waals surface area (Å²) in [6.45, 7) is 12.2. The Morgan fingerprint density at radius 1 is 1.12 bits per heavy atom. The van der Waals surface area contributed by atoms with Gasteiger partial charge in [-0.3, -0.25) is 0 Å². The molecule has 4 rings (SSSR count). The van der Waals surface area contributed by atoms with E-state index in [2.05, 4.69) is 56.2 Å². The van der Waals surface area contributed by atoms with E-state index < -0.39 is 12.1 Å². The van der Waals surface area contributed by atoms with E-state index in [-0.39, 0.29) is 17.4 Å². The van der Waals surface area contributed by atoms with Crippen molar-refractivity contribution in [2.75, 3.05) is 26.2 Å². The standard InChI is InChI=1S/C27H41N3O2S/c1-26(2)10-11-27(3,4)21-15-19(5-6-20(21)26)23-17-33-25(29-23)18-7-12-30(13-8-18)14-9-24(32)22(28)16-31/h5-6,15,17-18,22,24,31-32H,7-14,16,28H2,1-4H3/t22-,24-/m1/s1. The quantitative estimate of drug-likeness (QED) is 0.557. The number of likely N-dealkylation sites (tertiary alicyclic amines) is 1. The van der Waals surface area contributed by atoms with Gasteiger partial charge in [0.25, 0.3) is 0 Å². The smallest absolute Gasteiger partial charge is 0.0964 e. The zero-order chi connectivity index (χ0) is 23.8. The third kappa shape index (κ3) is 5.35. The van der Waals surface area contributed by atoms with Crippen molar-refractivity contribution >= 4 is 11.3 Å². The van der Waals surface area contributed by atoms with Gasteiger partial charge in [0.05, 0.1) is 29.5 Å². The SMILES string of the molecule is CC1(C)CCC(C)(C)c2cc(-c3csc(C4CCN(CC[C@@H](O)[C@H](N)CO)CC4)n3)ccc21. The number of fused-ring (bicyclic) bond motifs is 1. The average Bonchev–Trinajstić information content (AvgIpc) is 3.30. The number of thiazole rings is 1. The Kier molecular flexibility index (Phi) is 7.32. The van der Waals surface area contributed by atoms with E-state index in [1.807, 2.05) is 0 Å². The van der Waals surface area contributed by atoms with Crippen LogP contribution in [0.5, 0.6) is 0 Å². The number of rotatable bonds is 7. The summed E-state index contributed by atoms with van der Waals surface area (Å²) in [5.74, 6) is 0.512. The van der Waals surface area contributed by atoms with Crippen molar-refractivity contribution < 1.29 is 10.2 Å². The Morgan fingerprint density at radius 2 is 1.79 bits per heavy atom. The molecule has 1 aliphatic heterocycles. The van der Waals surface area contributed by atoms with Crippen molar-refractivity contribution in [3.05, 3.63) is 39.7 Å². The Balaban J connectivity index is 1.40. The lowest BCUT2D eigenvalue weighted by molar-refractivity contribution is 0.0848. The van der Waals surface area contributed by atoms with Crippen LogP contribution >= 0.6 is 11.3 Å². The molecular formula is C27H41N3O2S. The summed E-state index contributed by atoms with van der Waals surface area (Å²) in [5, 5.41) is 22.6. The molecule has 2 heterocycles. The van der Waals surface area contributed by atoms with Crippen LogP contribution in [0.15, 0.2) is 23.6 Å². The fourth-order valence-corrected chi connectivity index (χ4v) is 6.41. The molecule has 0 amide bonds. The number of aliphatic hydroxyl groups is 2. The topological polar surface area (TPSA) is 82.6 Å². The van der Waals surface area contributed by atoms with Gasteiger partial charge in [0.2, 0.25) is 0 Å². The van der Waals surface area contributed by atoms with Crippen LogP contribution in [0, 0.1) is 0 Å². The lowest BCUT2D eigenvalue weighted by Gasteiger charge is -2.42. The summed E-state index contributed by atoms with van der Waals surface area (Å²) in [4.78, 5) is 7.48. The van der Waals surface area contributed by atoms with Crippen LogP contribution in [-0.2, 0) is 10.8 Å². The predicted molar refractivity (Wildman–Crippen MR) is 137 cm³/mol. The van der Waals surface area contributed by atoms with Crippen LogP contribution < -0.4 is 5.73 Å². The summed E-state index contributed by atoms with van der Waals surface area (Å²) in [6, 6.07) is 6.48. The van der Waals surface area contributed by atoms with Gasteiger partial charge in [0, 0.05) is 23.4 Å². The molecule has 0 radical (unpaired) electrons. The molecule has 2 atom stereocenters. The van der Waals surface area contributed by atoms with Crippen molar-refractivity contribution in [1.29, 1.82) is 0 Å². The van der Waals surface area contributed by atoms with E-state index in [1.165, 1.54) is 34.5 Å². The monoisotopic (exact) mass is 471 g/mol. The van der Waals surface area contributed by atoms with Crippen LogP contribution in [0.3, 0.4) is 0 Å². The van der Waals surface area contributed by atoms with Gasteiger partial charge in [0.15, 0.2) is 0 Å². The van der Waals surface area contributed by atoms with Crippen molar-refractivity contribution in [2.45, 2.75) is 88.7 Å². The molecule has 1 aromatic heterocycles. The molecule has 182 valence electrons. The van der Waals surface area contributed by atoms with E-state index in [4.69, 9.17) is 15.8 Å². The number of hydrogen-bond donors (Lipinski definition) is 3. The fourth-order valence-electron chi connectivity index (χ4n) is 5.41. The number of piperidine rings is 1. The van der Waals surface area contributed by atoms with Crippen molar-refractivity contribution in [1.82, 2.24) is 9.88 Å². The first-order valence-electron chi connectivity index (χ1n) is 12.5. The number of benzene rings is 1. The minimum Gasteiger partial charge on any atom is -0.395 e. The highest BCUT2D eigenvalue weighted by Crippen LogP contribution is 2.47. The predicted octanol–water partition coefficient (Wildman–Crippen LogP) is 4.41. The van der Waals surface area contributed by atoms with Gasteiger partial charge >= 0.3 is 0 Å². The maximum Gasteiger partial charge on any atom is 0.0964 e. The highest BCUT2D eigenvalue weighted by atomic mass is 32.1. The van der Waals surface area contributed by atoms with Gasteiger partial charge in [-0.05, 0) is 73.2 Å². The molecule has 4 N–H and O–H groups in total. The van der Waals surface area contributed by atoms with Gasteiger partial charge in [-0.1, -0.05) is 39.8 Å². The average molecular weight is 472 g/mol. The minimum atomic E-state index is -0.638. The highest BCUT2D eigenvalue weighted by Gasteiger charge is 2.37. The van der Waals surface area contributed by atoms with Crippen LogP contribution in [0.2, 0.25) is 0 Å². The molecule has 5 nitrogen and oxygen atoms in total. The summed E-state index contributed by atoms with van der Waals surface area (Å²) >= 11 is 1.80. The number of aliphatic hydroxyl groups excluding tert-OH is 2. The number of aromatic nitrogens is 1. The highest BCUT2D eigenvalue weighted by molar-refractivity contribution is 7.10. The first kappa shape index (κ1) is 24.8. The lowest BCUT2D eigenvalue weighted by atomic mass is 9.63. The molecule has 0 bridgehead atoms. The molecule has 2 aromatic rings. The molecule has 1 fully saturated rings. The molecule has 33 heavy (non-hydrogen) atoms. The molecule has 6 heteroatoms. The van der Waals surface area contributed by atoms with Gasteiger partial charge in [-0.15, -0.1) is 11.3 Å². The summed E-state index contributed by atoms with van der Waals surface area (Å²) in [5.41, 5.74) is 11.5. The number of nitrogens with two attached hydrogens (primary N) is 1. The fraction of sp³-hybridized carbons (Fsp3) is 0.667. The van der Waals surface area contributed by atoms with Crippen LogP contribution in [0.1, 0.15) is 81.9 Å². The zero-order valence-corrected chi connectivity index (χ0v) is 21.5. The summed E-state index contributed by atoms with van der Waals surface area (Å²) in [7, 11) is 0. The first-order valence-corrected chi connectivity index (χ1v) is 13.4. The maximum atomic E-state index is 10.0. The molecule has 1 aromatic carbocycles. The Bertz CT molecular complexity index is 947. The molecule has 2 aliphatic rings. The lowest BCUT2D eigenvalue weighted by Crippen LogP contribution is -2.41. The van der Waals surface area contributed by atoms with Crippen LogP contribution in [0.25, 0.3) is 11.3 Å².